The Hall–Kier alpha value is -5.23. The minimum absolute atomic E-state index is 0.0124. The molecular weight excluding hydrogens is 586 g/mol. The number of hydrogen-bond acceptors (Lipinski definition) is 10. The average molecular weight is 616 g/mol. The third-order valence-electron chi connectivity index (χ3n) is 6.99. The Morgan fingerprint density at radius 3 is 2.43 bits per heavy atom. The number of rotatable bonds is 10. The van der Waals surface area contributed by atoms with Crippen LogP contribution in [0.2, 0.25) is 0 Å². The summed E-state index contributed by atoms with van der Waals surface area (Å²) in [6, 6.07) is 18.1. The summed E-state index contributed by atoms with van der Waals surface area (Å²) in [5.74, 6) is 0.320. The van der Waals surface area contributed by atoms with E-state index in [1.807, 2.05) is 42.5 Å². The predicted molar refractivity (Wildman–Crippen MR) is 165 cm³/mol. The first-order valence-electron chi connectivity index (χ1n) is 13.6. The fourth-order valence-corrected chi connectivity index (χ4v) is 5.88. The van der Waals surface area contributed by atoms with Gasteiger partial charge in [0.1, 0.15) is 18.4 Å². The topological polar surface area (TPSA) is 131 Å². The second kappa shape index (κ2) is 13.0. The van der Waals surface area contributed by atoms with Crippen LogP contribution in [0.25, 0.3) is 11.8 Å². The van der Waals surface area contributed by atoms with Crippen molar-refractivity contribution >= 4 is 34.8 Å². The summed E-state index contributed by atoms with van der Waals surface area (Å²) in [5.41, 5.74) is 1.30. The summed E-state index contributed by atoms with van der Waals surface area (Å²) >= 11 is 1.11. The Bertz CT molecular complexity index is 1930. The number of carbonyl (C=O) groups is 1. The quantitative estimate of drug-likeness (QED) is 0.146. The number of allylic oxidation sites excluding steroid dienone is 1. The van der Waals surface area contributed by atoms with Crippen LogP contribution in [0.5, 0.6) is 17.2 Å². The summed E-state index contributed by atoms with van der Waals surface area (Å²) in [6.07, 6.45) is 1.71. The van der Waals surface area contributed by atoms with Gasteiger partial charge in [-0.2, -0.15) is 0 Å². The zero-order chi connectivity index (χ0) is 31.4. The smallest absolute Gasteiger partial charge is 0.338 e. The Morgan fingerprint density at radius 2 is 1.80 bits per heavy atom. The van der Waals surface area contributed by atoms with E-state index in [0.717, 1.165) is 22.5 Å². The molecule has 4 aromatic rings. The maximum Gasteiger partial charge on any atom is 0.338 e. The van der Waals surface area contributed by atoms with Gasteiger partial charge in [0.15, 0.2) is 16.3 Å². The minimum Gasteiger partial charge on any atom is -0.497 e. The van der Waals surface area contributed by atoms with Crippen LogP contribution >= 0.6 is 11.3 Å². The number of esters is 1. The molecule has 1 atom stereocenters. The van der Waals surface area contributed by atoms with Crippen LogP contribution in [0.3, 0.4) is 0 Å². The number of nitro groups is 1. The molecule has 12 heteroatoms. The second-order valence-electron chi connectivity index (χ2n) is 9.65. The fourth-order valence-electron chi connectivity index (χ4n) is 4.84. The van der Waals surface area contributed by atoms with Crippen molar-refractivity contribution in [1.29, 1.82) is 0 Å². The summed E-state index contributed by atoms with van der Waals surface area (Å²) in [4.78, 5) is 43.7. The number of carbonyl (C=O) groups excluding carboxylic acids is 1. The lowest BCUT2D eigenvalue weighted by Crippen LogP contribution is -2.35. The number of ether oxygens (including phenoxy) is 4. The third-order valence-corrected chi connectivity index (χ3v) is 7.98. The molecule has 0 bridgehead atoms. The van der Waals surface area contributed by atoms with E-state index < -0.39 is 16.9 Å². The van der Waals surface area contributed by atoms with Gasteiger partial charge in [0.25, 0.3) is 11.2 Å². The highest BCUT2D eigenvalue weighted by atomic mass is 32.1. The number of nitro benzene ring substituents is 1. The normalized spacial score (nSPS) is 14.5. The van der Waals surface area contributed by atoms with E-state index in [2.05, 4.69) is 0 Å². The standard InChI is InChI=1S/C32H29N3O8S/c1-5-42-31(37)28-19(2)34-30(36)27(15-20-11-13-22(40-3)14-12-20)44-32(34)33-29(28)23-16-25(41-4)26(17-24(23)35(38)39)43-18-21-9-7-6-8-10-21/h6-17,29H,5,18H2,1-4H3/b27-15-/t29-/m1/s1. The van der Waals surface area contributed by atoms with Gasteiger partial charge in [-0.3, -0.25) is 19.5 Å². The first-order chi connectivity index (χ1) is 21.2. The molecule has 11 nitrogen and oxygen atoms in total. The largest absolute Gasteiger partial charge is 0.497 e. The molecule has 0 amide bonds. The number of methoxy groups -OCH3 is 2. The third kappa shape index (κ3) is 5.97. The number of benzene rings is 3. The van der Waals surface area contributed by atoms with Gasteiger partial charge in [-0.15, -0.1) is 0 Å². The Balaban J connectivity index is 1.67. The van der Waals surface area contributed by atoms with E-state index in [4.69, 9.17) is 23.9 Å². The summed E-state index contributed by atoms with van der Waals surface area (Å²) in [7, 11) is 2.99. The number of fused-ring (bicyclic) bond motifs is 1. The molecule has 44 heavy (non-hydrogen) atoms. The van der Waals surface area contributed by atoms with E-state index in [-0.39, 0.29) is 57.6 Å². The molecule has 0 saturated heterocycles. The molecule has 5 rings (SSSR count). The molecule has 2 heterocycles. The summed E-state index contributed by atoms with van der Waals surface area (Å²) in [5, 5.41) is 12.4. The van der Waals surface area contributed by atoms with Crippen LogP contribution in [0, 0.1) is 10.1 Å². The second-order valence-corrected chi connectivity index (χ2v) is 10.7. The van der Waals surface area contributed by atoms with Crippen molar-refractivity contribution in [3.8, 4) is 17.2 Å². The van der Waals surface area contributed by atoms with Crippen molar-refractivity contribution in [3.63, 3.8) is 0 Å². The lowest BCUT2D eigenvalue weighted by Gasteiger charge is -2.23. The molecule has 0 saturated carbocycles. The van der Waals surface area contributed by atoms with Crippen molar-refractivity contribution in [1.82, 2.24) is 4.57 Å². The Morgan fingerprint density at radius 1 is 1.07 bits per heavy atom. The van der Waals surface area contributed by atoms with Gasteiger partial charge >= 0.3 is 5.97 Å². The number of hydrogen-bond donors (Lipinski definition) is 0. The highest BCUT2D eigenvalue weighted by Gasteiger charge is 2.36. The van der Waals surface area contributed by atoms with Crippen LogP contribution < -0.4 is 29.1 Å². The molecular formula is C32H29N3O8S. The lowest BCUT2D eigenvalue weighted by molar-refractivity contribution is -0.385. The average Bonchev–Trinajstić information content (AvgIpc) is 3.34. The highest BCUT2D eigenvalue weighted by molar-refractivity contribution is 7.07. The number of nitrogens with zero attached hydrogens (tertiary/aromatic N) is 3. The van der Waals surface area contributed by atoms with Gasteiger partial charge in [-0.25, -0.2) is 9.79 Å². The molecule has 1 aromatic heterocycles. The summed E-state index contributed by atoms with van der Waals surface area (Å²) < 4.78 is 23.7. The molecule has 0 aliphatic carbocycles. The van der Waals surface area contributed by atoms with E-state index in [1.54, 1.807) is 39.2 Å². The molecule has 3 aromatic carbocycles. The molecule has 1 aliphatic rings. The molecule has 0 spiro atoms. The van der Waals surface area contributed by atoms with Crippen molar-refractivity contribution < 1.29 is 28.7 Å². The van der Waals surface area contributed by atoms with Crippen LogP contribution in [0.1, 0.15) is 36.6 Å². The molecule has 226 valence electrons. The van der Waals surface area contributed by atoms with Crippen molar-refractivity contribution in [2.75, 3.05) is 20.8 Å². The van der Waals surface area contributed by atoms with Crippen LogP contribution in [0.4, 0.5) is 5.69 Å². The minimum atomic E-state index is -1.15. The van der Waals surface area contributed by atoms with E-state index in [9.17, 15) is 19.7 Å². The zero-order valence-electron chi connectivity index (χ0n) is 24.4. The number of aromatic nitrogens is 1. The van der Waals surface area contributed by atoms with Crippen molar-refractivity contribution in [2.24, 2.45) is 4.99 Å². The lowest BCUT2D eigenvalue weighted by atomic mass is 9.94. The molecule has 1 aliphatic heterocycles. The van der Waals surface area contributed by atoms with Gasteiger partial charge in [0.05, 0.1) is 47.5 Å². The van der Waals surface area contributed by atoms with Crippen LogP contribution in [-0.2, 0) is 16.1 Å². The first-order valence-corrected chi connectivity index (χ1v) is 14.4. The first kappa shape index (κ1) is 30.2. The van der Waals surface area contributed by atoms with Gasteiger partial charge in [0.2, 0.25) is 0 Å². The predicted octanol–water partition coefficient (Wildman–Crippen LogP) is 4.41. The maximum atomic E-state index is 13.6. The van der Waals surface area contributed by atoms with Crippen molar-refractivity contribution in [2.45, 2.75) is 26.5 Å². The van der Waals surface area contributed by atoms with E-state index in [0.29, 0.717) is 10.3 Å². The molecule has 0 radical (unpaired) electrons. The van der Waals surface area contributed by atoms with E-state index in [1.165, 1.54) is 23.8 Å². The Labute approximate surface area is 256 Å². The maximum absolute atomic E-state index is 13.6. The van der Waals surface area contributed by atoms with Crippen LogP contribution in [-0.4, -0.2) is 36.3 Å². The van der Waals surface area contributed by atoms with Gasteiger partial charge in [-0.05, 0) is 49.2 Å². The molecule has 0 fully saturated rings. The molecule has 0 N–H and O–H groups in total. The van der Waals surface area contributed by atoms with Gasteiger partial charge < -0.3 is 18.9 Å². The number of thiazole rings is 1. The fraction of sp³-hybridized carbons (Fsp3) is 0.219. The highest BCUT2D eigenvalue weighted by Crippen LogP contribution is 2.43. The zero-order valence-corrected chi connectivity index (χ0v) is 25.3. The SMILES string of the molecule is CCOC(=O)C1=C(C)n2c(s/c(=C\c3ccc(OC)cc3)c2=O)=N[C@@H]1c1cc(OC)c(OCc2ccccc2)cc1[N+](=O)[O-]. The summed E-state index contributed by atoms with van der Waals surface area (Å²) in [6.45, 7) is 3.46. The monoisotopic (exact) mass is 615 g/mol. The van der Waals surface area contributed by atoms with Gasteiger partial charge in [-0.1, -0.05) is 53.8 Å². The Kier molecular flexibility index (Phi) is 8.91. The van der Waals surface area contributed by atoms with Crippen LogP contribution in [0.15, 0.2) is 82.1 Å². The van der Waals surface area contributed by atoms with Gasteiger partial charge in [0, 0.05) is 5.70 Å². The van der Waals surface area contributed by atoms with Crippen molar-refractivity contribution in [3.05, 3.63) is 119 Å². The van der Waals surface area contributed by atoms with E-state index >= 15 is 0 Å². The molecule has 0 unspecified atom stereocenters.